The lowest BCUT2D eigenvalue weighted by molar-refractivity contribution is -0.136. The molecule has 57 heavy (non-hydrogen) atoms. The molecule has 4 aromatic rings. The van der Waals surface area contributed by atoms with E-state index >= 15 is 0 Å². The minimum Gasteiger partial charge on any atom is -0.441 e. The minimum atomic E-state index is -0.991. The maximum Gasteiger partial charge on any atom is 0.410 e. The molecule has 5 amide bonds. The molecule has 5 aliphatic rings. The molecular formula is C42H47N9O6. The van der Waals surface area contributed by atoms with Gasteiger partial charge in [0.05, 0.1) is 45.8 Å². The second-order valence-electron chi connectivity index (χ2n) is 17.1. The normalized spacial score (nSPS) is 23.0. The van der Waals surface area contributed by atoms with E-state index in [1.807, 2.05) is 24.4 Å². The summed E-state index contributed by atoms with van der Waals surface area (Å²) in [6.07, 6.45) is 7.42. The Kier molecular flexibility index (Phi) is 9.29. The summed E-state index contributed by atoms with van der Waals surface area (Å²) < 4.78 is 8.26. The van der Waals surface area contributed by atoms with Gasteiger partial charge in [0, 0.05) is 67.9 Å². The zero-order valence-corrected chi connectivity index (χ0v) is 32.4. The van der Waals surface area contributed by atoms with Crippen LogP contribution in [-0.4, -0.2) is 98.0 Å². The monoisotopic (exact) mass is 773 g/mol. The summed E-state index contributed by atoms with van der Waals surface area (Å²) >= 11 is 0. The Morgan fingerprint density at radius 1 is 0.947 bits per heavy atom. The van der Waals surface area contributed by atoms with Crippen molar-refractivity contribution in [1.82, 2.24) is 40.2 Å². The summed E-state index contributed by atoms with van der Waals surface area (Å²) in [6, 6.07) is 10.3. The fourth-order valence-electron chi connectivity index (χ4n) is 8.46. The smallest absolute Gasteiger partial charge is 0.410 e. The number of piperidine rings is 1. The molecule has 2 saturated carbocycles. The van der Waals surface area contributed by atoms with Crippen LogP contribution in [0.25, 0.3) is 22.3 Å². The van der Waals surface area contributed by atoms with Crippen LogP contribution in [0.1, 0.15) is 109 Å². The highest BCUT2D eigenvalue weighted by molar-refractivity contribution is 6.23. The second kappa shape index (κ2) is 14.4. The van der Waals surface area contributed by atoms with Crippen molar-refractivity contribution in [3.8, 4) is 11.3 Å². The number of carbonyl (C=O) groups excluding carboxylic acids is 5. The third kappa shape index (κ3) is 7.13. The van der Waals surface area contributed by atoms with Crippen LogP contribution in [0.3, 0.4) is 0 Å². The van der Waals surface area contributed by atoms with Crippen molar-refractivity contribution in [3.63, 3.8) is 0 Å². The van der Waals surface area contributed by atoms with Crippen molar-refractivity contribution < 1.29 is 28.7 Å². The van der Waals surface area contributed by atoms with Crippen molar-refractivity contribution in [2.45, 2.75) is 83.4 Å². The molecule has 4 fully saturated rings. The first-order chi connectivity index (χ1) is 27.4. The molecule has 15 heteroatoms. The number of amides is 5. The predicted molar refractivity (Wildman–Crippen MR) is 209 cm³/mol. The SMILES string of the molecule is CC(C)(C)C(OC(=O)N1CCNCC1)c1ccc2ncc(-c3cn(C4CC(CNc5ccc6c(c5)C(=O)N(C5CCC(=O)NC5=O)C6=O)C4)nc3C3CC3)nc2c1. The van der Waals surface area contributed by atoms with Gasteiger partial charge >= 0.3 is 6.09 Å². The number of anilines is 1. The van der Waals surface area contributed by atoms with Crippen molar-refractivity contribution in [2.24, 2.45) is 11.3 Å². The third-order valence-corrected chi connectivity index (χ3v) is 11.9. The van der Waals surface area contributed by atoms with E-state index in [4.69, 9.17) is 19.8 Å². The number of ether oxygens (including phenoxy) is 1. The number of aromatic nitrogens is 4. The first-order valence-corrected chi connectivity index (χ1v) is 20.0. The van der Waals surface area contributed by atoms with Gasteiger partial charge in [0.15, 0.2) is 0 Å². The van der Waals surface area contributed by atoms with Crippen molar-refractivity contribution in [1.29, 1.82) is 0 Å². The van der Waals surface area contributed by atoms with Crippen molar-refractivity contribution in [2.75, 3.05) is 38.0 Å². The molecule has 2 aromatic heterocycles. The molecule has 2 saturated heterocycles. The predicted octanol–water partition coefficient (Wildman–Crippen LogP) is 4.96. The molecule has 2 atom stereocenters. The highest BCUT2D eigenvalue weighted by Gasteiger charge is 2.45. The van der Waals surface area contributed by atoms with E-state index < -0.39 is 35.8 Å². The molecule has 15 nitrogen and oxygen atoms in total. The maximum atomic E-state index is 13.3. The molecule has 0 bridgehead atoms. The highest BCUT2D eigenvalue weighted by Crippen LogP contribution is 2.46. The molecule has 9 rings (SSSR count). The number of hydrogen-bond acceptors (Lipinski definition) is 11. The minimum absolute atomic E-state index is 0.0795. The van der Waals surface area contributed by atoms with Gasteiger partial charge in [0.1, 0.15) is 12.1 Å². The number of imide groups is 2. The molecule has 2 aromatic carbocycles. The van der Waals surface area contributed by atoms with E-state index in [2.05, 4.69) is 47.6 Å². The number of fused-ring (bicyclic) bond motifs is 2. The Morgan fingerprint density at radius 2 is 1.72 bits per heavy atom. The average Bonchev–Trinajstić information content (AvgIpc) is 3.89. The Morgan fingerprint density at radius 3 is 2.46 bits per heavy atom. The summed E-state index contributed by atoms with van der Waals surface area (Å²) in [6.45, 7) is 9.66. The highest BCUT2D eigenvalue weighted by atomic mass is 16.6. The van der Waals surface area contributed by atoms with Crippen LogP contribution in [0.15, 0.2) is 48.8 Å². The summed E-state index contributed by atoms with van der Waals surface area (Å²) in [5, 5.41) is 14.1. The number of nitrogens with one attached hydrogen (secondary N) is 3. The number of benzene rings is 2. The van der Waals surface area contributed by atoms with E-state index in [0.717, 1.165) is 82.9 Å². The number of nitrogens with zero attached hydrogens (tertiary/aromatic N) is 6. The summed E-state index contributed by atoms with van der Waals surface area (Å²) in [4.78, 5) is 76.2. The zero-order chi connectivity index (χ0) is 39.6. The third-order valence-electron chi connectivity index (χ3n) is 11.9. The van der Waals surface area contributed by atoms with Crippen molar-refractivity contribution in [3.05, 3.63) is 71.2 Å². The molecule has 0 radical (unpaired) electrons. The van der Waals surface area contributed by atoms with Crippen molar-refractivity contribution >= 4 is 46.4 Å². The molecule has 2 unspecified atom stereocenters. The van der Waals surface area contributed by atoms with Crippen LogP contribution >= 0.6 is 0 Å². The van der Waals surface area contributed by atoms with Gasteiger partial charge in [-0.3, -0.25) is 39.1 Å². The first kappa shape index (κ1) is 36.9. The topological polar surface area (TPSA) is 181 Å². The van der Waals surface area contributed by atoms with Gasteiger partial charge in [-0.25, -0.2) is 9.78 Å². The lowest BCUT2D eigenvalue weighted by Gasteiger charge is -2.35. The average molecular weight is 774 g/mol. The largest absolute Gasteiger partial charge is 0.441 e. The summed E-state index contributed by atoms with van der Waals surface area (Å²) in [7, 11) is 0. The number of rotatable bonds is 9. The summed E-state index contributed by atoms with van der Waals surface area (Å²) in [5.74, 6) is -1.27. The second-order valence-corrected chi connectivity index (χ2v) is 17.1. The Labute approximate surface area is 329 Å². The van der Waals surface area contributed by atoms with Crippen LogP contribution in [-0.2, 0) is 14.3 Å². The van der Waals surface area contributed by atoms with Gasteiger partial charge in [-0.05, 0) is 73.9 Å². The number of carbonyl (C=O) groups is 5. The molecular weight excluding hydrogens is 727 g/mol. The van der Waals surface area contributed by atoms with Crippen LogP contribution in [0.2, 0.25) is 0 Å². The van der Waals surface area contributed by atoms with Gasteiger partial charge in [0.2, 0.25) is 11.8 Å². The molecule has 2 aliphatic carbocycles. The fourth-order valence-corrected chi connectivity index (χ4v) is 8.46. The first-order valence-electron chi connectivity index (χ1n) is 20.0. The maximum absolute atomic E-state index is 13.3. The van der Waals surface area contributed by atoms with E-state index in [1.165, 1.54) is 0 Å². The lowest BCUT2D eigenvalue weighted by atomic mass is 9.80. The van der Waals surface area contributed by atoms with Crippen LogP contribution in [0.5, 0.6) is 0 Å². The van der Waals surface area contributed by atoms with Crippen LogP contribution in [0, 0.1) is 11.3 Å². The fraction of sp³-hybridized carbons (Fsp3) is 0.476. The number of hydrogen-bond donors (Lipinski definition) is 3. The Balaban J connectivity index is 0.868. The Bertz CT molecular complexity index is 2300. The Hall–Kier alpha value is -5.70. The summed E-state index contributed by atoms with van der Waals surface area (Å²) in [5.41, 5.74) is 6.12. The van der Waals surface area contributed by atoms with E-state index in [-0.39, 0.29) is 41.5 Å². The molecule has 3 aliphatic heterocycles. The molecule has 3 N–H and O–H groups in total. The molecule has 5 heterocycles. The standard InChI is InChI=1S/C42H47N9O6/c1-42(2,3)37(57-41(56)49-14-12-43-13-15-49)25-6-9-31-32(18-25)46-33(21-45-31)30-22-50(48-36(30)24-4-5-24)27-16-23(17-27)20-44-26-7-8-28-29(19-26)40(55)51(39(28)54)34-10-11-35(52)47-38(34)53/h6-9,18-19,21-24,27,34,37,43-44H,4-5,10-17,20H2,1-3H3,(H,47,52,53). The van der Waals surface area contributed by atoms with Gasteiger partial charge in [0.25, 0.3) is 11.8 Å². The van der Waals surface area contributed by atoms with Gasteiger partial charge in [-0.15, -0.1) is 0 Å². The number of piperazine rings is 1. The van der Waals surface area contributed by atoms with Crippen LogP contribution < -0.4 is 16.0 Å². The molecule has 296 valence electrons. The lowest BCUT2D eigenvalue weighted by Crippen LogP contribution is -2.54. The van der Waals surface area contributed by atoms with Gasteiger partial charge in [-0.2, -0.15) is 5.10 Å². The zero-order valence-electron chi connectivity index (χ0n) is 32.4. The van der Waals surface area contributed by atoms with Gasteiger partial charge in [-0.1, -0.05) is 26.8 Å². The van der Waals surface area contributed by atoms with E-state index in [1.54, 1.807) is 23.1 Å². The van der Waals surface area contributed by atoms with Crippen LogP contribution in [0.4, 0.5) is 10.5 Å². The molecule has 0 spiro atoms. The van der Waals surface area contributed by atoms with Gasteiger partial charge < -0.3 is 20.3 Å². The van der Waals surface area contributed by atoms with E-state index in [0.29, 0.717) is 31.5 Å². The van der Waals surface area contributed by atoms with E-state index in [9.17, 15) is 24.0 Å². The quantitative estimate of drug-likeness (QED) is 0.196.